The Morgan fingerprint density at radius 2 is 2.04 bits per heavy atom. The maximum atomic E-state index is 14.2. The van der Waals surface area contributed by atoms with Crippen LogP contribution in [0.25, 0.3) is 22.0 Å². The molecule has 0 saturated carbocycles. The second kappa shape index (κ2) is 5.30. The van der Waals surface area contributed by atoms with Crippen molar-refractivity contribution in [3.05, 3.63) is 41.6 Å². The zero-order valence-corrected chi connectivity index (χ0v) is 13.3. The van der Waals surface area contributed by atoms with Gasteiger partial charge in [-0.2, -0.15) is 0 Å². The van der Waals surface area contributed by atoms with E-state index in [9.17, 15) is 9.18 Å². The van der Waals surface area contributed by atoms with Gasteiger partial charge in [-0.05, 0) is 24.6 Å². The highest BCUT2D eigenvalue weighted by atomic mass is 19.1. The van der Waals surface area contributed by atoms with E-state index in [1.165, 1.54) is 19.2 Å². The van der Waals surface area contributed by atoms with Gasteiger partial charge in [0.1, 0.15) is 11.5 Å². The van der Waals surface area contributed by atoms with Gasteiger partial charge in [0.2, 0.25) is 0 Å². The summed E-state index contributed by atoms with van der Waals surface area (Å²) in [6, 6.07) is 3.17. The first-order valence-electron chi connectivity index (χ1n) is 7.57. The van der Waals surface area contributed by atoms with Crippen LogP contribution < -0.4 is 10.1 Å². The fourth-order valence-corrected chi connectivity index (χ4v) is 3.28. The van der Waals surface area contributed by atoms with Crippen molar-refractivity contribution in [1.82, 2.24) is 19.9 Å². The van der Waals surface area contributed by atoms with Gasteiger partial charge in [-0.25, -0.2) is 14.4 Å². The van der Waals surface area contributed by atoms with E-state index >= 15 is 0 Å². The lowest BCUT2D eigenvalue weighted by Gasteiger charge is -2.18. The van der Waals surface area contributed by atoms with Crippen molar-refractivity contribution in [1.29, 1.82) is 0 Å². The van der Waals surface area contributed by atoms with Crippen molar-refractivity contribution >= 4 is 16.8 Å². The third-order valence-electron chi connectivity index (χ3n) is 4.33. The van der Waals surface area contributed by atoms with E-state index in [2.05, 4.69) is 15.3 Å². The number of nitrogens with zero attached hydrogens (tertiary/aromatic N) is 3. The number of hydrogen-bond donors (Lipinski definition) is 1. The van der Waals surface area contributed by atoms with Crippen LogP contribution in [-0.2, 0) is 6.54 Å². The van der Waals surface area contributed by atoms with Gasteiger partial charge in [0.15, 0.2) is 0 Å². The van der Waals surface area contributed by atoms with Gasteiger partial charge in [-0.15, -0.1) is 0 Å². The fraction of sp³-hybridized carbons (Fsp3) is 0.235. The molecule has 0 radical (unpaired) electrons. The minimum absolute atomic E-state index is 0.132. The molecule has 0 spiro atoms. The first-order valence-corrected chi connectivity index (χ1v) is 7.57. The van der Waals surface area contributed by atoms with E-state index in [1.54, 1.807) is 12.4 Å². The standard InChI is InChI=1S/C17H15FN4O2/c1-9-12-5-11(18)6-13(10-7-20-17(24-2)21-8-10)15(12)22-4-3-19-16(23)14(9)22/h5-8H,3-4H2,1-2H3,(H,19,23). The van der Waals surface area contributed by atoms with E-state index in [4.69, 9.17) is 4.74 Å². The predicted molar refractivity (Wildman–Crippen MR) is 86.5 cm³/mol. The summed E-state index contributed by atoms with van der Waals surface area (Å²) in [5.74, 6) is -0.493. The second-order valence-corrected chi connectivity index (χ2v) is 5.69. The van der Waals surface area contributed by atoms with Crippen LogP contribution in [-0.4, -0.2) is 34.1 Å². The molecular weight excluding hydrogens is 311 g/mol. The number of aryl methyl sites for hydroxylation is 1. The molecular formula is C17H15FN4O2. The number of nitrogens with one attached hydrogen (secondary N) is 1. The summed E-state index contributed by atoms with van der Waals surface area (Å²) < 4.78 is 21.1. The van der Waals surface area contributed by atoms with Crippen molar-refractivity contribution in [3.8, 4) is 17.1 Å². The molecule has 4 rings (SSSR count). The molecule has 1 aromatic carbocycles. The number of hydrogen-bond acceptors (Lipinski definition) is 4. The number of methoxy groups -OCH3 is 1. The van der Waals surface area contributed by atoms with Crippen LogP contribution in [0, 0.1) is 12.7 Å². The number of carbonyl (C=O) groups excluding carboxylic acids is 1. The monoisotopic (exact) mass is 326 g/mol. The number of fused-ring (bicyclic) bond motifs is 3. The summed E-state index contributed by atoms with van der Waals surface area (Å²) in [6.45, 7) is 3.03. The van der Waals surface area contributed by atoms with Crippen LogP contribution >= 0.6 is 0 Å². The summed E-state index contributed by atoms with van der Waals surface area (Å²) >= 11 is 0. The molecule has 0 atom stereocenters. The van der Waals surface area contributed by atoms with Crippen molar-refractivity contribution in [3.63, 3.8) is 0 Å². The molecule has 0 saturated heterocycles. The van der Waals surface area contributed by atoms with Crippen LogP contribution in [0.15, 0.2) is 24.5 Å². The van der Waals surface area contributed by atoms with E-state index in [0.717, 1.165) is 16.5 Å². The molecule has 0 unspecified atom stereocenters. The van der Waals surface area contributed by atoms with Gasteiger partial charge in [0.25, 0.3) is 5.91 Å². The van der Waals surface area contributed by atoms with Crippen LogP contribution in [0.5, 0.6) is 6.01 Å². The Kier molecular flexibility index (Phi) is 3.23. The van der Waals surface area contributed by atoms with Crippen molar-refractivity contribution < 1.29 is 13.9 Å². The van der Waals surface area contributed by atoms with E-state index in [0.29, 0.717) is 29.9 Å². The largest absolute Gasteiger partial charge is 0.467 e. The van der Waals surface area contributed by atoms with Crippen LogP contribution in [0.3, 0.4) is 0 Å². The first-order chi connectivity index (χ1) is 11.6. The first kappa shape index (κ1) is 14.6. The second-order valence-electron chi connectivity index (χ2n) is 5.69. The Bertz CT molecular complexity index is 963. The summed E-state index contributed by atoms with van der Waals surface area (Å²) in [6.07, 6.45) is 3.19. The number of aromatic nitrogens is 3. The van der Waals surface area contributed by atoms with E-state index < -0.39 is 0 Å². The molecule has 7 heteroatoms. The Balaban J connectivity index is 2.04. The quantitative estimate of drug-likeness (QED) is 0.784. The highest BCUT2D eigenvalue weighted by Crippen LogP contribution is 2.35. The maximum absolute atomic E-state index is 14.2. The van der Waals surface area contributed by atoms with Gasteiger partial charge < -0.3 is 14.6 Å². The summed E-state index contributed by atoms with van der Waals surface area (Å²) in [7, 11) is 1.49. The summed E-state index contributed by atoms with van der Waals surface area (Å²) in [4.78, 5) is 20.4. The van der Waals surface area contributed by atoms with Crippen LogP contribution in [0.1, 0.15) is 16.1 Å². The molecule has 2 aromatic heterocycles. The predicted octanol–water partition coefficient (Wildman–Crippen LogP) is 2.30. The fourth-order valence-electron chi connectivity index (χ4n) is 3.28. The smallest absolute Gasteiger partial charge is 0.316 e. The number of ether oxygens (including phenoxy) is 1. The molecule has 1 aliphatic heterocycles. The van der Waals surface area contributed by atoms with Crippen LogP contribution in [0.2, 0.25) is 0 Å². The maximum Gasteiger partial charge on any atom is 0.316 e. The van der Waals surface area contributed by atoms with Gasteiger partial charge in [-0.1, -0.05) is 0 Å². The summed E-state index contributed by atoms with van der Waals surface area (Å²) in [5.41, 5.74) is 3.52. The number of carbonyl (C=O) groups is 1. The Morgan fingerprint density at radius 1 is 1.29 bits per heavy atom. The average Bonchev–Trinajstić information content (AvgIpc) is 2.88. The molecule has 1 amide bonds. The number of halogens is 1. The molecule has 3 aromatic rings. The molecule has 0 bridgehead atoms. The number of rotatable bonds is 2. The molecule has 0 fully saturated rings. The molecule has 3 heterocycles. The van der Waals surface area contributed by atoms with Crippen molar-refractivity contribution in [2.45, 2.75) is 13.5 Å². The normalized spacial score (nSPS) is 13.7. The molecule has 6 nitrogen and oxygen atoms in total. The van der Waals surface area contributed by atoms with Gasteiger partial charge >= 0.3 is 6.01 Å². The number of benzene rings is 1. The molecule has 1 aliphatic rings. The summed E-state index contributed by atoms with van der Waals surface area (Å²) in [5, 5.41) is 3.56. The highest BCUT2D eigenvalue weighted by molar-refractivity contribution is 6.06. The van der Waals surface area contributed by atoms with E-state index in [1.807, 2.05) is 11.5 Å². The Labute approximate surface area is 137 Å². The molecule has 0 aliphatic carbocycles. The van der Waals surface area contributed by atoms with Crippen molar-refractivity contribution in [2.75, 3.05) is 13.7 Å². The van der Waals surface area contributed by atoms with E-state index in [-0.39, 0.29) is 17.7 Å². The molecule has 24 heavy (non-hydrogen) atoms. The average molecular weight is 326 g/mol. The third kappa shape index (κ3) is 2.05. The lowest BCUT2D eigenvalue weighted by Crippen LogP contribution is -2.35. The Morgan fingerprint density at radius 3 is 2.75 bits per heavy atom. The molecule has 1 N–H and O–H groups in total. The third-order valence-corrected chi connectivity index (χ3v) is 4.33. The van der Waals surface area contributed by atoms with Crippen molar-refractivity contribution in [2.24, 2.45) is 0 Å². The zero-order chi connectivity index (χ0) is 16.8. The highest BCUT2D eigenvalue weighted by Gasteiger charge is 2.26. The van der Waals surface area contributed by atoms with Gasteiger partial charge in [0, 0.05) is 42.0 Å². The Hall–Kier alpha value is -2.96. The SMILES string of the molecule is COc1ncc(-c2cc(F)cc3c(C)c4n(c23)CCNC4=O)cn1. The van der Waals surface area contributed by atoms with Gasteiger partial charge in [0.05, 0.1) is 12.6 Å². The zero-order valence-electron chi connectivity index (χ0n) is 13.3. The minimum atomic E-state index is -0.361. The van der Waals surface area contributed by atoms with Crippen LogP contribution in [0.4, 0.5) is 4.39 Å². The minimum Gasteiger partial charge on any atom is -0.467 e. The molecule has 122 valence electrons. The topological polar surface area (TPSA) is 69.0 Å². The lowest BCUT2D eigenvalue weighted by atomic mass is 10.0. The lowest BCUT2D eigenvalue weighted by molar-refractivity contribution is 0.0928. The number of amides is 1. The van der Waals surface area contributed by atoms with Gasteiger partial charge in [-0.3, -0.25) is 4.79 Å².